The SMILES string of the molecule is CN(CC(=O)Nc1ccc(Br)cc1F)Cc1ccccc1F. The van der Waals surface area contributed by atoms with E-state index in [9.17, 15) is 13.6 Å². The van der Waals surface area contributed by atoms with Gasteiger partial charge in [-0.15, -0.1) is 0 Å². The third-order valence-corrected chi connectivity index (χ3v) is 3.51. The highest BCUT2D eigenvalue weighted by Gasteiger charge is 2.11. The molecule has 0 fully saturated rings. The van der Waals surface area contributed by atoms with Crippen LogP contribution in [0.15, 0.2) is 46.9 Å². The molecule has 2 aromatic rings. The highest BCUT2D eigenvalue weighted by Crippen LogP contribution is 2.19. The first-order valence-corrected chi connectivity index (χ1v) is 7.42. The van der Waals surface area contributed by atoms with E-state index in [0.29, 0.717) is 16.6 Å². The lowest BCUT2D eigenvalue weighted by atomic mass is 10.2. The van der Waals surface area contributed by atoms with Gasteiger partial charge in [-0.1, -0.05) is 34.1 Å². The maximum Gasteiger partial charge on any atom is 0.238 e. The standard InChI is InChI=1S/C16H15BrF2N2O/c1-21(9-11-4-2-3-5-13(11)18)10-16(22)20-15-7-6-12(17)8-14(15)19/h2-8H,9-10H2,1H3,(H,20,22). The first kappa shape index (κ1) is 16.6. The Morgan fingerprint density at radius 1 is 1.18 bits per heavy atom. The number of anilines is 1. The Bertz CT molecular complexity index is 679. The molecule has 1 amide bonds. The van der Waals surface area contributed by atoms with E-state index in [1.807, 2.05) is 0 Å². The van der Waals surface area contributed by atoms with Crippen LogP contribution in [-0.4, -0.2) is 24.4 Å². The van der Waals surface area contributed by atoms with Crippen LogP contribution in [-0.2, 0) is 11.3 Å². The third-order valence-electron chi connectivity index (χ3n) is 3.02. The van der Waals surface area contributed by atoms with Crippen molar-refractivity contribution >= 4 is 27.5 Å². The van der Waals surface area contributed by atoms with Crippen LogP contribution in [0.1, 0.15) is 5.56 Å². The quantitative estimate of drug-likeness (QED) is 0.870. The van der Waals surface area contributed by atoms with Gasteiger partial charge in [0.05, 0.1) is 12.2 Å². The normalized spacial score (nSPS) is 10.8. The molecular formula is C16H15BrF2N2O. The van der Waals surface area contributed by atoms with Crippen LogP contribution in [0.25, 0.3) is 0 Å². The molecule has 0 atom stereocenters. The maximum atomic E-state index is 13.6. The highest BCUT2D eigenvalue weighted by molar-refractivity contribution is 9.10. The van der Waals surface area contributed by atoms with E-state index in [0.717, 1.165) is 0 Å². The number of rotatable bonds is 5. The first-order chi connectivity index (χ1) is 10.5. The molecule has 0 aliphatic rings. The van der Waals surface area contributed by atoms with E-state index in [-0.39, 0.29) is 24.0 Å². The van der Waals surface area contributed by atoms with Gasteiger partial charge in [-0.05, 0) is 31.3 Å². The van der Waals surface area contributed by atoms with Crippen molar-refractivity contribution in [3.05, 3.63) is 64.1 Å². The van der Waals surface area contributed by atoms with Crippen molar-refractivity contribution < 1.29 is 13.6 Å². The Labute approximate surface area is 136 Å². The summed E-state index contributed by atoms with van der Waals surface area (Å²) in [6.45, 7) is 0.326. The van der Waals surface area contributed by atoms with Gasteiger partial charge < -0.3 is 5.32 Å². The zero-order valence-electron chi connectivity index (χ0n) is 11.9. The van der Waals surface area contributed by atoms with Gasteiger partial charge in [0.25, 0.3) is 0 Å². The van der Waals surface area contributed by atoms with Gasteiger partial charge >= 0.3 is 0 Å². The molecule has 6 heteroatoms. The molecule has 3 nitrogen and oxygen atoms in total. The molecule has 0 aliphatic heterocycles. The van der Waals surface area contributed by atoms with Crippen LogP contribution in [0.5, 0.6) is 0 Å². The van der Waals surface area contributed by atoms with Crippen molar-refractivity contribution in [3.8, 4) is 0 Å². The van der Waals surface area contributed by atoms with E-state index in [1.165, 1.54) is 18.2 Å². The summed E-state index contributed by atoms with van der Waals surface area (Å²) in [6.07, 6.45) is 0. The number of likely N-dealkylation sites (N-methyl/N-ethyl adjacent to an activating group) is 1. The second-order valence-corrected chi connectivity index (χ2v) is 5.85. The Morgan fingerprint density at radius 2 is 1.91 bits per heavy atom. The van der Waals surface area contributed by atoms with Gasteiger partial charge in [0, 0.05) is 16.6 Å². The van der Waals surface area contributed by atoms with Crippen LogP contribution >= 0.6 is 15.9 Å². The Morgan fingerprint density at radius 3 is 2.59 bits per heavy atom. The average Bonchev–Trinajstić information content (AvgIpc) is 2.44. The Balaban J connectivity index is 1.93. The highest BCUT2D eigenvalue weighted by atomic mass is 79.9. The molecule has 0 aliphatic carbocycles. The second-order valence-electron chi connectivity index (χ2n) is 4.94. The van der Waals surface area contributed by atoms with Gasteiger partial charge in [-0.2, -0.15) is 0 Å². The van der Waals surface area contributed by atoms with Crippen molar-refractivity contribution in [3.63, 3.8) is 0 Å². The summed E-state index contributed by atoms with van der Waals surface area (Å²) in [4.78, 5) is 13.6. The van der Waals surface area contributed by atoms with Crippen molar-refractivity contribution in [1.82, 2.24) is 4.90 Å². The summed E-state index contributed by atoms with van der Waals surface area (Å²) < 4.78 is 27.8. The molecule has 0 bridgehead atoms. The number of hydrogen-bond donors (Lipinski definition) is 1. The van der Waals surface area contributed by atoms with Crippen LogP contribution in [0, 0.1) is 11.6 Å². The molecule has 2 rings (SSSR count). The van der Waals surface area contributed by atoms with E-state index in [2.05, 4.69) is 21.2 Å². The third kappa shape index (κ3) is 4.61. The lowest BCUT2D eigenvalue weighted by Crippen LogP contribution is -2.30. The van der Waals surface area contributed by atoms with E-state index < -0.39 is 5.82 Å². The summed E-state index contributed by atoms with van der Waals surface area (Å²) in [6, 6.07) is 10.8. The van der Waals surface area contributed by atoms with Crippen LogP contribution < -0.4 is 5.32 Å². The van der Waals surface area contributed by atoms with Crippen molar-refractivity contribution in [2.75, 3.05) is 18.9 Å². The minimum Gasteiger partial charge on any atom is -0.322 e. The molecule has 0 radical (unpaired) electrons. The Kier molecular flexibility index (Phi) is 5.63. The summed E-state index contributed by atoms with van der Waals surface area (Å²) in [5.41, 5.74) is 0.625. The molecule has 1 N–H and O–H groups in total. The number of hydrogen-bond acceptors (Lipinski definition) is 2. The first-order valence-electron chi connectivity index (χ1n) is 6.62. The zero-order valence-corrected chi connectivity index (χ0v) is 13.5. The average molecular weight is 369 g/mol. The smallest absolute Gasteiger partial charge is 0.238 e. The topological polar surface area (TPSA) is 32.3 Å². The van der Waals surface area contributed by atoms with E-state index in [4.69, 9.17) is 0 Å². The predicted molar refractivity (Wildman–Crippen MR) is 85.5 cm³/mol. The fraction of sp³-hybridized carbons (Fsp3) is 0.188. The minimum absolute atomic E-state index is 0.0316. The van der Waals surface area contributed by atoms with Gasteiger partial charge in [0.1, 0.15) is 11.6 Å². The zero-order chi connectivity index (χ0) is 16.1. The number of carbonyl (C=O) groups excluding carboxylic acids is 1. The van der Waals surface area contributed by atoms with Crippen molar-refractivity contribution in [2.45, 2.75) is 6.54 Å². The number of nitrogens with zero attached hydrogens (tertiary/aromatic N) is 1. The lowest BCUT2D eigenvalue weighted by molar-refractivity contribution is -0.117. The largest absolute Gasteiger partial charge is 0.322 e. The predicted octanol–water partition coefficient (Wildman–Crippen LogP) is 3.80. The minimum atomic E-state index is -0.514. The fourth-order valence-corrected chi connectivity index (χ4v) is 2.33. The monoisotopic (exact) mass is 368 g/mol. The molecule has 22 heavy (non-hydrogen) atoms. The van der Waals surface area contributed by atoms with Crippen LogP contribution in [0.4, 0.5) is 14.5 Å². The van der Waals surface area contributed by atoms with Crippen molar-refractivity contribution in [1.29, 1.82) is 0 Å². The van der Waals surface area contributed by atoms with Crippen LogP contribution in [0.3, 0.4) is 0 Å². The molecule has 0 heterocycles. The second kappa shape index (κ2) is 7.47. The summed E-state index contributed by atoms with van der Waals surface area (Å²) >= 11 is 3.15. The molecule has 0 unspecified atom stereocenters. The molecular weight excluding hydrogens is 354 g/mol. The van der Waals surface area contributed by atoms with Gasteiger partial charge in [-0.25, -0.2) is 8.78 Å². The number of halogens is 3. The molecule has 116 valence electrons. The number of carbonyl (C=O) groups is 1. The summed E-state index contributed by atoms with van der Waals surface area (Å²) in [5, 5.41) is 2.50. The van der Waals surface area contributed by atoms with Gasteiger partial charge in [-0.3, -0.25) is 9.69 Å². The number of nitrogens with one attached hydrogen (secondary N) is 1. The van der Waals surface area contributed by atoms with E-state index >= 15 is 0 Å². The summed E-state index contributed by atoms with van der Waals surface area (Å²) in [7, 11) is 1.70. The molecule has 0 aromatic heterocycles. The maximum absolute atomic E-state index is 13.6. The summed E-state index contributed by atoms with van der Waals surface area (Å²) in [5.74, 6) is -1.19. The fourth-order valence-electron chi connectivity index (χ4n) is 2.00. The molecule has 0 saturated carbocycles. The van der Waals surface area contributed by atoms with E-state index in [1.54, 1.807) is 36.2 Å². The van der Waals surface area contributed by atoms with Crippen LogP contribution in [0.2, 0.25) is 0 Å². The molecule has 2 aromatic carbocycles. The van der Waals surface area contributed by atoms with Gasteiger partial charge in [0.2, 0.25) is 5.91 Å². The molecule has 0 saturated heterocycles. The van der Waals surface area contributed by atoms with Gasteiger partial charge in [0.15, 0.2) is 0 Å². The van der Waals surface area contributed by atoms with Crippen molar-refractivity contribution in [2.24, 2.45) is 0 Å². The number of amides is 1. The molecule has 0 spiro atoms. The Hall–Kier alpha value is -1.79. The number of benzene rings is 2. The lowest BCUT2D eigenvalue weighted by Gasteiger charge is -2.17.